The predicted molar refractivity (Wildman–Crippen MR) is 119 cm³/mol. The first kappa shape index (κ1) is 17.6. The van der Waals surface area contributed by atoms with Crippen molar-refractivity contribution in [1.82, 2.24) is 5.32 Å². The van der Waals surface area contributed by atoms with Gasteiger partial charge in [-0.3, -0.25) is 4.79 Å². The Morgan fingerprint density at radius 2 is 1.48 bits per heavy atom. The first-order valence-corrected chi connectivity index (χ1v) is 9.95. The molecule has 0 aromatic heterocycles. The third-order valence-electron chi connectivity index (χ3n) is 4.80. The number of halogens is 1. The smallest absolute Gasteiger partial charge is 0.264 e. The molecule has 1 amide bonds. The van der Waals surface area contributed by atoms with Crippen molar-refractivity contribution in [2.75, 3.05) is 0 Å². The van der Waals surface area contributed by atoms with Crippen molar-refractivity contribution in [3.63, 3.8) is 0 Å². The van der Waals surface area contributed by atoms with Crippen LogP contribution in [0.3, 0.4) is 0 Å². The number of carbonyl (C=O) groups excluding carboxylic acids is 1. The molecule has 0 unspecified atom stereocenters. The lowest BCUT2D eigenvalue weighted by Crippen LogP contribution is -2.19. The fraction of sp³-hybridized carbons (Fsp3) is 0. The molecule has 4 aromatic carbocycles. The van der Waals surface area contributed by atoms with Crippen molar-refractivity contribution in [2.24, 2.45) is 4.99 Å². The number of amides is 1. The van der Waals surface area contributed by atoms with Crippen LogP contribution < -0.4 is 5.32 Å². The number of thioether (sulfide) groups is 1. The Morgan fingerprint density at radius 1 is 0.862 bits per heavy atom. The van der Waals surface area contributed by atoms with Gasteiger partial charge >= 0.3 is 0 Å². The summed E-state index contributed by atoms with van der Waals surface area (Å²) >= 11 is 1.29. The van der Waals surface area contributed by atoms with Gasteiger partial charge < -0.3 is 5.32 Å². The standard InChI is InChI=1S/C24H15FN2OS/c25-17-9-11-18(12-10-17)26-24-27-23(28)22(29-24)14-21-19-7-3-1-5-15(19)13-16-6-2-4-8-20(16)21/h1-14H,(H,26,27,28)/b22-14-. The van der Waals surface area contributed by atoms with Crippen LogP contribution in [0.1, 0.15) is 5.56 Å². The first-order chi connectivity index (χ1) is 14.2. The fourth-order valence-corrected chi connectivity index (χ4v) is 4.27. The molecule has 1 N–H and O–H groups in total. The lowest BCUT2D eigenvalue weighted by molar-refractivity contribution is -0.115. The molecule has 3 nitrogen and oxygen atoms in total. The Hall–Kier alpha value is -3.44. The van der Waals surface area contributed by atoms with Gasteiger partial charge in [-0.15, -0.1) is 0 Å². The summed E-state index contributed by atoms with van der Waals surface area (Å²) in [4.78, 5) is 17.5. The van der Waals surface area contributed by atoms with Crippen LogP contribution in [0.15, 0.2) is 88.8 Å². The minimum atomic E-state index is -0.319. The molecular formula is C24H15FN2OS. The number of nitrogens with zero attached hydrogens (tertiary/aromatic N) is 1. The van der Waals surface area contributed by atoms with Gasteiger partial charge in [0, 0.05) is 0 Å². The second-order valence-electron chi connectivity index (χ2n) is 6.69. The van der Waals surface area contributed by atoms with E-state index >= 15 is 0 Å². The van der Waals surface area contributed by atoms with Crippen molar-refractivity contribution in [2.45, 2.75) is 0 Å². The number of aliphatic imine (C=N–C) groups is 1. The maximum atomic E-state index is 13.1. The van der Waals surface area contributed by atoms with Gasteiger partial charge in [-0.25, -0.2) is 9.38 Å². The number of hydrogen-bond donors (Lipinski definition) is 1. The molecule has 1 heterocycles. The van der Waals surface area contributed by atoms with Gasteiger partial charge in [-0.05, 0) is 75.3 Å². The zero-order valence-electron chi connectivity index (χ0n) is 15.2. The minimum Gasteiger partial charge on any atom is -0.300 e. The monoisotopic (exact) mass is 398 g/mol. The summed E-state index contributed by atoms with van der Waals surface area (Å²) in [7, 11) is 0. The van der Waals surface area contributed by atoms with E-state index < -0.39 is 0 Å². The zero-order chi connectivity index (χ0) is 19.8. The Morgan fingerprint density at radius 3 is 2.14 bits per heavy atom. The summed E-state index contributed by atoms with van der Waals surface area (Å²) in [5, 5.41) is 7.72. The minimum absolute atomic E-state index is 0.187. The van der Waals surface area contributed by atoms with Crippen LogP contribution in [-0.2, 0) is 4.79 Å². The lowest BCUT2D eigenvalue weighted by Gasteiger charge is -2.08. The molecule has 1 saturated heterocycles. The second-order valence-corrected chi connectivity index (χ2v) is 7.72. The van der Waals surface area contributed by atoms with Gasteiger partial charge in [0.05, 0.1) is 10.6 Å². The van der Waals surface area contributed by atoms with Crippen LogP contribution in [0.2, 0.25) is 0 Å². The van der Waals surface area contributed by atoms with Crippen molar-refractivity contribution in [3.05, 3.63) is 95.1 Å². The summed E-state index contributed by atoms with van der Waals surface area (Å²) < 4.78 is 13.1. The average Bonchev–Trinajstić information content (AvgIpc) is 3.08. The number of benzene rings is 4. The van der Waals surface area contributed by atoms with E-state index in [0.717, 1.165) is 27.1 Å². The highest BCUT2D eigenvalue weighted by Crippen LogP contribution is 2.34. The molecule has 0 bridgehead atoms. The molecule has 0 aliphatic carbocycles. The van der Waals surface area contributed by atoms with E-state index in [1.807, 2.05) is 30.3 Å². The molecule has 1 aliphatic heterocycles. The highest BCUT2D eigenvalue weighted by Gasteiger charge is 2.24. The third-order valence-corrected chi connectivity index (χ3v) is 5.71. The number of carbonyl (C=O) groups is 1. The highest BCUT2D eigenvalue weighted by molar-refractivity contribution is 8.18. The number of fused-ring (bicyclic) bond motifs is 2. The molecule has 1 fully saturated rings. The lowest BCUT2D eigenvalue weighted by atomic mass is 9.96. The van der Waals surface area contributed by atoms with Gasteiger partial charge in [0.1, 0.15) is 5.82 Å². The van der Waals surface area contributed by atoms with Gasteiger partial charge in [0.2, 0.25) is 0 Å². The molecule has 5 rings (SSSR count). The van der Waals surface area contributed by atoms with E-state index in [4.69, 9.17) is 0 Å². The van der Waals surface area contributed by atoms with Crippen molar-refractivity contribution in [3.8, 4) is 0 Å². The third kappa shape index (κ3) is 3.41. The van der Waals surface area contributed by atoms with Crippen LogP contribution >= 0.6 is 11.8 Å². The second kappa shape index (κ2) is 7.18. The number of rotatable bonds is 2. The first-order valence-electron chi connectivity index (χ1n) is 9.13. The number of nitrogens with one attached hydrogen (secondary N) is 1. The Labute approximate surface area is 171 Å². The average molecular weight is 398 g/mol. The van der Waals surface area contributed by atoms with Gasteiger partial charge in [-0.1, -0.05) is 48.5 Å². The molecule has 0 spiro atoms. The van der Waals surface area contributed by atoms with Gasteiger partial charge in [0.25, 0.3) is 5.91 Å². The Balaban J connectivity index is 1.60. The Kier molecular flexibility index (Phi) is 4.37. The summed E-state index contributed by atoms with van der Waals surface area (Å²) in [6, 6.07) is 24.3. The molecule has 0 radical (unpaired) electrons. The van der Waals surface area contributed by atoms with Gasteiger partial charge in [-0.2, -0.15) is 0 Å². The molecule has 1 aliphatic rings. The number of hydrogen-bond acceptors (Lipinski definition) is 3. The summed E-state index contributed by atoms with van der Waals surface area (Å²) in [5.41, 5.74) is 1.60. The maximum Gasteiger partial charge on any atom is 0.264 e. The molecular weight excluding hydrogens is 383 g/mol. The van der Waals surface area contributed by atoms with Crippen molar-refractivity contribution in [1.29, 1.82) is 0 Å². The largest absolute Gasteiger partial charge is 0.300 e. The van der Waals surface area contributed by atoms with E-state index in [1.54, 1.807) is 12.1 Å². The summed E-state index contributed by atoms with van der Waals surface area (Å²) in [6.45, 7) is 0. The van der Waals surface area contributed by atoms with Crippen LogP contribution in [0.4, 0.5) is 10.1 Å². The highest BCUT2D eigenvalue weighted by atomic mass is 32.2. The quantitative estimate of drug-likeness (QED) is 0.331. The number of amidine groups is 1. The molecule has 29 heavy (non-hydrogen) atoms. The molecule has 4 aromatic rings. The van der Waals surface area contributed by atoms with Crippen LogP contribution in [0, 0.1) is 5.82 Å². The maximum absolute atomic E-state index is 13.1. The molecule has 0 atom stereocenters. The zero-order valence-corrected chi connectivity index (χ0v) is 16.0. The van der Waals surface area contributed by atoms with E-state index in [-0.39, 0.29) is 11.7 Å². The Bertz CT molecular complexity index is 1270. The summed E-state index contributed by atoms with van der Waals surface area (Å²) in [6.07, 6.45) is 1.93. The van der Waals surface area contributed by atoms with E-state index in [2.05, 4.69) is 40.6 Å². The fourth-order valence-electron chi connectivity index (χ4n) is 3.45. The van der Waals surface area contributed by atoms with Crippen LogP contribution in [0.5, 0.6) is 0 Å². The van der Waals surface area contributed by atoms with Crippen LogP contribution in [0.25, 0.3) is 27.6 Å². The van der Waals surface area contributed by atoms with Crippen molar-refractivity contribution < 1.29 is 9.18 Å². The predicted octanol–water partition coefficient (Wildman–Crippen LogP) is 6.02. The van der Waals surface area contributed by atoms with Crippen LogP contribution in [-0.4, -0.2) is 11.1 Å². The van der Waals surface area contributed by atoms with E-state index in [1.165, 1.54) is 23.9 Å². The topological polar surface area (TPSA) is 41.5 Å². The van der Waals surface area contributed by atoms with Gasteiger partial charge in [0.15, 0.2) is 5.17 Å². The van der Waals surface area contributed by atoms with Crippen molar-refractivity contribution >= 4 is 56.1 Å². The SMILES string of the molecule is O=C1NC(=Nc2ccc(F)cc2)S/C1=C\c1c2ccccc2cc2ccccc12. The van der Waals surface area contributed by atoms with E-state index in [0.29, 0.717) is 15.8 Å². The normalized spacial score (nSPS) is 16.8. The molecule has 140 valence electrons. The van der Waals surface area contributed by atoms with E-state index in [9.17, 15) is 9.18 Å². The molecule has 0 saturated carbocycles. The summed E-state index contributed by atoms with van der Waals surface area (Å²) in [5.74, 6) is -0.506. The molecule has 5 heteroatoms.